The summed E-state index contributed by atoms with van der Waals surface area (Å²) < 4.78 is 5.93. The number of aryl methyl sites for hydroxylation is 1. The first-order chi connectivity index (χ1) is 7.22. The Balaban J connectivity index is 2.47. The molecule has 0 atom stereocenters. The Kier molecular flexibility index (Phi) is 2.68. The van der Waals surface area contributed by atoms with E-state index in [9.17, 15) is 4.79 Å². The minimum Gasteiger partial charge on any atom is -0.461 e. The Bertz CT molecular complexity index is 504. The lowest BCUT2D eigenvalue weighted by Gasteiger charge is -1.95. The molecule has 0 spiro atoms. The number of benzene rings is 1. The number of rotatable bonds is 2. The molecule has 4 heteroatoms. The zero-order chi connectivity index (χ0) is 10.8. The van der Waals surface area contributed by atoms with Crippen LogP contribution in [0.1, 0.15) is 22.3 Å². The lowest BCUT2D eigenvalue weighted by atomic mass is 10.2. The Morgan fingerprint density at radius 1 is 1.53 bits per heavy atom. The fourth-order valence-electron chi connectivity index (χ4n) is 1.37. The average Bonchev–Trinajstić information content (AvgIpc) is 2.63. The zero-order valence-corrected chi connectivity index (χ0v) is 9.43. The molecule has 2 aromatic rings. The maximum absolute atomic E-state index is 11.5. The van der Waals surface area contributed by atoms with Crippen LogP contribution in [0.2, 0.25) is 0 Å². The minimum absolute atomic E-state index is 0.335. The molecule has 0 fully saturated rings. The first-order valence-electron chi connectivity index (χ1n) is 4.75. The molecular weight excluding hydrogens is 210 g/mol. The summed E-state index contributed by atoms with van der Waals surface area (Å²) in [5.41, 5.74) is 1.98. The van der Waals surface area contributed by atoms with E-state index in [0.29, 0.717) is 11.6 Å². The van der Waals surface area contributed by atoms with Crippen LogP contribution in [0.5, 0.6) is 0 Å². The number of esters is 1. The van der Waals surface area contributed by atoms with Gasteiger partial charge in [-0.25, -0.2) is 9.78 Å². The fraction of sp³-hybridized carbons (Fsp3) is 0.273. The highest BCUT2D eigenvalue weighted by molar-refractivity contribution is 7.20. The summed E-state index contributed by atoms with van der Waals surface area (Å²) in [4.78, 5) is 15.7. The number of thiazole rings is 1. The van der Waals surface area contributed by atoms with Gasteiger partial charge in [-0.2, -0.15) is 0 Å². The van der Waals surface area contributed by atoms with E-state index in [1.54, 1.807) is 6.92 Å². The molecule has 0 N–H and O–H groups in total. The van der Waals surface area contributed by atoms with Gasteiger partial charge in [0.25, 0.3) is 0 Å². The van der Waals surface area contributed by atoms with Gasteiger partial charge in [-0.3, -0.25) is 0 Å². The minimum atomic E-state index is -0.335. The van der Waals surface area contributed by atoms with Gasteiger partial charge in [0.15, 0.2) is 0 Å². The molecule has 0 aliphatic carbocycles. The summed E-state index contributed by atoms with van der Waals surface area (Å²) in [5, 5.41) is 0.432. The molecule has 0 bridgehead atoms. The quantitative estimate of drug-likeness (QED) is 0.732. The topological polar surface area (TPSA) is 39.2 Å². The third-order valence-corrected chi connectivity index (χ3v) is 3.07. The van der Waals surface area contributed by atoms with E-state index < -0.39 is 0 Å². The van der Waals surface area contributed by atoms with Crippen molar-refractivity contribution in [1.29, 1.82) is 0 Å². The van der Waals surface area contributed by atoms with Crippen LogP contribution in [0.25, 0.3) is 10.2 Å². The van der Waals surface area contributed by atoms with Crippen molar-refractivity contribution in [3.63, 3.8) is 0 Å². The van der Waals surface area contributed by atoms with Crippen LogP contribution in [-0.2, 0) is 4.74 Å². The Labute approximate surface area is 91.7 Å². The van der Waals surface area contributed by atoms with Crippen LogP contribution < -0.4 is 0 Å². The lowest BCUT2D eigenvalue weighted by Crippen LogP contribution is -2.03. The number of hydrogen-bond donors (Lipinski definition) is 0. The lowest BCUT2D eigenvalue weighted by molar-refractivity contribution is 0.0526. The van der Waals surface area contributed by atoms with Gasteiger partial charge >= 0.3 is 5.97 Å². The third kappa shape index (κ3) is 1.85. The molecule has 1 aromatic heterocycles. The van der Waals surface area contributed by atoms with Crippen LogP contribution in [0.3, 0.4) is 0 Å². The van der Waals surface area contributed by atoms with E-state index in [1.807, 2.05) is 25.1 Å². The highest BCUT2D eigenvalue weighted by atomic mass is 32.1. The maximum Gasteiger partial charge on any atom is 0.367 e. The SMILES string of the molecule is CCOC(=O)c1nc2c(C)cccc2s1. The van der Waals surface area contributed by atoms with Crippen LogP contribution in [0, 0.1) is 6.92 Å². The molecule has 1 heterocycles. The monoisotopic (exact) mass is 221 g/mol. The molecule has 0 radical (unpaired) electrons. The van der Waals surface area contributed by atoms with Crippen molar-refractivity contribution in [2.24, 2.45) is 0 Å². The van der Waals surface area contributed by atoms with Crippen molar-refractivity contribution in [1.82, 2.24) is 4.98 Å². The average molecular weight is 221 g/mol. The van der Waals surface area contributed by atoms with Crippen molar-refractivity contribution in [3.05, 3.63) is 28.8 Å². The maximum atomic E-state index is 11.5. The predicted molar refractivity (Wildman–Crippen MR) is 60.3 cm³/mol. The first-order valence-corrected chi connectivity index (χ1v) is 5.57. The highest BCUT2D eigenvalue weighted by Gasteiger charge is 2.13. The predicted octanol–water partition coefficient (Wildman–Crippen LogP) is 2.78. The fourth-order valence-corrected chi connectivity index (χ4v) is 2.30. The van der Waals surface area contributed by atoms with Gasteiger partial charge < -0.3 is 4.74 Å². The van der Waals surface area contributed by atoms with Gasteiger partial charge in [-0.15, -0.1) is 11.3 Å². The van der Waals surface area contributed by atoms with E-state index in [-0.39, 0.29) is 5.97 Å². The zero-order valence-electron chi connectivity index (χ0n) is 8.61. The van der Waals surface area contributed by atoms with Crippen molar-refractivity contribution < 1.29 is 9.53 Å². The van der Waals surface area contributed by atoms with E-state index in [4.69, 9.17) is 4.74 Å². The smallest absolute Gasteiger partial charge is 0.367 e. The number of carbonyl (C=O) groups excluding carboxylic acids is 1. The van der Waals surface area contributed by atoms with Gasteiger partial charge in [0.2, 0.25) is 5.01 Å². The number of fused-ring (bicyclic) bond motifs is 1. The molecular formula is C11H11NO2S. The molecule has 2 rings (SSSR count). The van der Waals surface area contributed by atoms with Crippen molar-refractivity contribution in [2.75, 3.05) is 6.61 Å². The first kappa shape index (κ1) is 10.1. The van der Waals surface area contributed by atoms with E-state index in [2.05, 4.69) is 4.98 Å². The number of nitrogens with zero attached hydrogens (tertiary/aromatic N) is 1. The van der Waals surface area contributed by atoms with Gasteiger partial charge in [0, 0.05) is 0 Å². The van der Waals surface area contributed by atoms with Crippen LogP contribution in [0.4, 0.5) is 0 Å². The molecule has 0 unspecified atom stereocenters. The van der Waals surface area contributed by atoms with Gasteiger partial charge in [0.1, 0.15) is 0 Å². The Morgan fingerprint density at radius 3 is 3.00 bits per heavy atom. The van der Waals surface area contributed by atoms with Crippen molar-refractivity contribution in [3.8, 4) is 0 Å². The van der Waals surface area contributed by atoms with Crippen LogP contribution >= 0.6 is 11.3 Å². The largest absolute Gasteiger partial charge is 0.461 e. The second-order valence-corrected chi connectivity index (χ2v) is 4.19. The molecule has 3 nitrogen and oxygen atoms in total. The van der Waals surface area contributed by atoms with Crippen molar-refractivity contribution >= 4 is 27.5 Å². The summed E-state index contributed by atoms with van der Waals surface area (Å²) in [7, 11) is 0. The third-order valence-electron chi connectivity index (χ3n) is 2.07. The summed E-state index contributed by atoms with van der Waals surface area (Å²) in [6.07, 6.45) is 0. The Hall–Kier alpha value is -1.42. The summed E-state index contributed by atoms with van der Waals surface area (Å²) in [6, 6.07) is 5.91. The number of carbonyl (C=O) groups is 1. The normalized spacial score (nSPS) is 10.5. The second kappa shape index (κ2) is 3.98. The van der Waals surface area contributed by atoms with Crippen LogP contribution in [-0.4, -0.2) is 17.6 Å². The molecule has 78 valence electrons. The van der Waals surface area contributed by atoms with E-state index in [1.165, 1.54) is 11.3 Å². The summed E-state index contributed by atoms with van der Waals surface area (Å²) in [6.45, 7) is 4.15. The van der Waals surface area contributed by atoms with Gasteiger partial charge in [-0.05, 0) is 25.5 Å². The number of hydrogen-bond acceptors (Lipinski definition) is 4. The Morgan fingerprint density at radius 2 is 2.33 bits per heavy atom. The molecule has 15 heavy (non-hydrogen) atoms. The molecule has 1 aromatic carbocycles. The van der Waals surface area contributed by atoms with Crippen molar-refractivity contribution in [2.45, 2.75) is 13.8 Å². The standard InChI is InChI=1S/C11H11NO2S/c1-3-14-11(13)10-12-9-7(2)5-4-6-8(9)15-10/h4-6H,3H2,1-2H3. The van der Waals surface area contributed by atoms with Crippen LogP contribution in [0.15, 0.2) is 18.2 Å². The molecule has 0 amide bonds. The molecule has 0 aliphatic heterocycles. The molecule has 0 aliphatic rings. The number of aromatic nitrogens is 1. The number of ether oxygens (including phenoxy) is 1. The molecule has 0 saturated carbocycles. The second-order valence-electron chi connectivity index (χ2n) is 3.16. The van der Waals surface area contributed by atoms with E-state index in [0.717, 1.165) is 15.8 Å². The van der Waals surface area contributed by atoms with Gasteiger partial charge in [-0.1, -0.05) is 12.1 Å². The number of para-hydroxylation sites is 1. The summed E-state index contributed by atoms with van der Waals surface area (Å²) in [5.74, 6) is -0.335. The van der Waals surface area contributed by atoms with E-state index >= 15 is 0 Å². The van der Waals surface area contributed by atoms with Gasteiger partial charge in [0.05, 0.1) is 16.8 Å². The molecule has 0 saturated heterocycles. The summed E-state index contributed by atoms with van der Waals surface area (Å²) >= 11 is 1.37. The highest BCUT2D eigenvalue weighted by Crippen LogP contribution is 2.24.